The summed E-state index contributed by atoms with van der Waals surface area (Å²) in [6, 6.07) is 2.45. The van der Waals surface area contributed by atoms with Gasteiger partial charge in [0.2, 0.25) is 0 Å². The van der Waals surface area contributed by atoms with E-state index < -0.39 is 11.6 Å². The number of hydrogen-bond donors (Lipinski definition) is 1. The van der Waals surface area contributed by atoms with Crippen LogP contribution >= 0.6 is 0 Å². The van der Waals surface area contributed by atoms with E-state index in [2.05, 4.69) is 5.32 Å². The summed E-state index contributed by atoms with van der Waals surface area (Å²) < 4.78 is 27.2. The molecule has 0 atom stereocenters. The lowest BCUT2D eigenvalue weighted by Gasteiger charge is -2.61. The Bertz CT molecular complexity index is 536. The lowest BCUT2D eigenvalue weighted by Crippen LogP contribution is -2.68. The van der Waals surface area contributed by atoms with Crippen LogP contribution in [0.15, 0.2) is 12.1 Å². The maximum atomic E-state index is 13.6. The standard InChI is InChI=1S/C15H17F2NO/c1-8(2)11-3-10(4-12(16)13(11)17)14(19)18-15-5-9(6-15)7-15/h3-4,8-9H,5-7H2,1-2H3,(H,18,19). The molecule has 2 bridgehead atoms. The van der Waals surface area contributed by atoms with Crippen molar-refractivity contribution in [1.82, 2.24) is 5.32 Å². The van der Waals surface area contributed by atoms with Crippen molar-refractivity contribution in [2.24, 2.45) is 5.92 Å². The van der Waals surface area contributed by atoms with Crippen molar-refractivity contribution in [1.29, 1.82) is 0 Å². The van der Waals surface area contributed by atoms with Gasteiger partial charge in [-0.25, -0.2) is 8.78 Å². The molecule has 3 aliphatic carbocycles. The minimum absolute atomic E-state index is 0.0510. The molecule has 2 nitrogen and oxygen atoms in total. The third-order valence-electron chi connectivity index (χ3n) is 4.36. The van der Waals surface area contributed by atoms with Crippen LogP contribution in [0.1, 0.15) is 54.9 Å². The van der Waals surface area contributed by atoms with Crippen LogP contribution < -0.4 is 5.32 Å². The molecule has 1 N–H and O–H groups in total. The molecule has 4 rings (SSSR count). The normalized spacial score (nSPS) is 27.7. The molecule has 3 aliphatic rings. The van der Waals surface area contributed by atoms with Crippen molar-refractivity contribution in [3.05, 3.63) is 34.9 Å². The number of halogens is 2. The van der Waals surface area contributed by atoms with Crippen LogP contribution in [0, 0.1) is 17.6 Å². The van der Waals surface area contributed by atoms with E-state index in [1.807, 2.05) is 0 Å². The van der Waals surface area contributed by atoms with E-state index in [0.29, 0.717) is 0 Å². The molecule has 4 heteroatoms. The van der Waals surface area contributed by atoms with Crippen LogP contribution in [0.5, 0.6) is 0 Å². The Morgan fingerprint density at radius 2 is 1.95 bits per heavy atom. The third-order valence-corrected chi connectivity index (χ3v) is 4.36. The monoisotopic (exact) mass is 265 g/mol. The Balaban J connectivity index is 1.85. The number of carbonyl (C=O) groups is 1. The zero-order valence-corrected chi connectivity index (χ0v) is 11.1. The van der Waals surface area contributed by atoms with Crippen molar-refractivity contribution in [2.75, 3.05) is 0 Å². The zero-order chi connectivity index (χ0) is 13.8. The van der Waals surface area contributed by atoms with Gasteiger partial charge in [0.1, 0.15) is 0 Å². The van der Waals surface area contributed by atoms with E-state index in [1.54, 1.807) is 13.8 Å². The smallest absolute Gasteiger partial charge is 0.251 e. The van der Waals surface area contributed by atoms with Gasteiger partial charge in [-0.2, -0.15) is 0 Å². The quantitative estimate of drug-likeness (QED) is 0.892. The number of hydrogen-bond acceptors (Lipinski definition) is 1. The minimum Gasteiger partial charge on any atom is -0.347 e. The van der Waals surface area contributed by atoms with Gasteiger partial charge in [0.05, 0.1) is 0 Å². The molecule has 0 aromatic heterocycles. The Hall–Kier alpha value is -1.45. The number of benzene rings is 1. The molecule has 0 heterocycles. The second-order valence-electron chi connectivity index (χ2n) is 6.23. The third kappa shape index (κ3) is 1.94. The number of amides is 1. The molecule has 1 amide bonds. The minimum atomic E-state index is -0.950. The summed E-state index contributed by atoms with van der Waals surface area (Å²) in [5.41, 5.74) is 0.417. The molecule has 3 saturated carbocycles. The van der Waals surface area contributed by atoms with Crippen molar-refractivity contribution in [3.8, 4) is 0 Å². The topological polar surface area (TPSA) is 29.1 Å². The highest BCUT2D eigenvalue weighted by Gasteiger charge is 2.57. The van der Waals surface area contributed by atoms with E-state index in [1.165, 1.54) is 6.07 Å². The molecule has 1 aromatic carbocycles. The van der Waals surface area contributed by atoms with Crippen molar-refractivity contribution < 1.29 is 13.6 Å². The largest absolute Gasteiger partial charge is 0.347 e. The number of nitrogens with one attached hydrogen (secondary N) is 1. The molecule has 0 radical (unpaired) electrons. The fourth-order valence-corrected chi connectivity index (χ4v) is 3.11. The highest BCUT2D eigenvalue weighted by atomic mass is 19.2. The maximum Gasteiger partial charge on any atom is 0.251 e. The molecule has 19 heavy (non-hydrogen) atoms. The lowest BCUT2D eigenvalue weighted by atomic mass is 9.50. The van der Waals surface area contributed by atoms with Crippen LogP contribution in [0.25, 0.3) is 0 Å². The average molecular weight is 265 g/mol. The summed E-state index contributed by atoms with van der Waals surface area (Å²) in [6.07, 6.45) is 3.08. The van der Waals surface area contributed by atoms with Gasteiger partial charge in [-0.1, -0.05) is 13.8 Å². The molecule has 0 unspecified atom stereocenters. The summed E-state index contributed by atoms with van der Waals surface area (Å²) in [5.74, 6) is -1.49. The highest BCUT2D eigenvalue weighted by Crippen LogP contribution is 2.57. The Morgan fingerprint density at radius 1 is 1.32 bits per heavy atom. The molecule has 0 aliphatic heterocycles. The van der Waals surface area contributed by atoms with E-state index in [9.17, 15) is 13.6 Å². The fourth-order valence-electron chi connectivity index (χ4n) is 3.11. The summed E-state index contributed by atoms with van der Waals surface area (Å²) >= 11 is 0. The molecule has 0 spiro atoms. The second-order valence-corrected chi connectivity index (χ2v) is 6.23. The van der Waals surface area contributed by atoms with Crippen LogP contribution in [0.4, 0.5) is 8.78 Å². The molecule has 0 saturated heterocycles. The highest BCUT2D eigenvalue weighted by molar-refractivity contribution is 5.95. The van der Waals surface area contributed by atoms with Crippen LogP contribution in [-0.2, 0) is 0 Å². The predicted octanol–water partition coefficient (Wildman–Crippen LogP) is 3.37. The van der Waals surface area contributed by atoms with E-state index in [-0.39, 0.29) is 28.5 Å². The van der Waals surface area contributed by atoms with Crippen LogP contribution in [0.3, 0.4) is 0 Å². The predicted molar refractivity (Wildman–Crippen MR) is 68.0 cm³/mol. The maximum absolute atomic E-state index is 13.6. The Kier molecular flexibility index (Phi) is 2.66. The summed E-state index contributed by atoms with van der Waals surface area (Å²) in [7, 11) is 0. The first-order valence-corrected chi connectivity index (χ1v) is 6.72. The first-order valence-electron chi connectivity index (χ1n) is 6.72. The van der Waals surface area contributed by atoms with E-state index in [4.69, 9.17) is 0 Å². The average Bonchev–Trinajstić information content (AvgIpc) is 2.24. The Labute approximate surface area is 111 Å². The van der Waals surface area contributed by atoms with Crippen molar-refractivity contribution in [3.63, 3.8) is 0 Å². The van der Waals surface area contributed by atoms with Gasteiger partial charge in [-0.15, -0.1) is 0 Å². The summed E-state index contributed by atoms with van der Waals surface area (Å²) in [6.45, 7) is 3.56. The van der Waals surface area contributed by atoms with Gasteiger partial charge in [0.25, 0.3) is 5.91 Å². The second kappa shape index (κ2) is 4.02. The first-order chi connectivity index (χ1) is 8.90. The summed E-state index contributed by atoms with van der Waals surface area (Å²) in [4.78, 5) is 12.1. The SMILES string of the molecule is CC(C)c1cc(C(=O)NC23CC(C2)C3)cc(F)c1F. The number of carbonyl (C=O) groups excluding carboxylic acids is 1. The van der Waals surface area contributed by atoms with E-state index in [0.717, 1.165) is 31.2 Å². The van der Waals surface area contributed by atoms with Crippen LogP contribution in [-0.4, -0.2) is 11.4 Å². The van der Waals surface area contributed by atoms with Gasteiger partial charge in [0.15, 0.2) is 11.6 Å². The zero-order valence-electron chi connectivity index (χ0n) is 11.1. The van der Waals surface area contributed by atoms with E-state index >= 15 is 0 Å². The molecular weight excluding hydrogens is 248 g/mol. The van der Waals surface area contributed by atoms with Gasteiger partial charge < -0.3 is 5.32 Å². The van der Waals surface area contributed by atoms with Crippen molar-refractivity contribution in [2.45, 2.75) is 44.6 Å². The van der Waals surface area contributed by atoms with Gasteiger partial charge in [-0.3, -0.25) is 4.79 Å². The Morgan fingerprint density at radius 3 is 2.42 bits per heavy atom. The molecule has 3 fully saturated rings. The van der Waals surface area contributed by atoms with Crippen LogP contribution in [0.2, 0.25) is 0 Å². The number of rotatable bonds is 3. The van der Waals surface area contributed by atoms with Crippen molar-refractivity contribution >= 4 is 5.91 Å². The lowest BCUT2D eigenvalue weighted by molar-refractivity contribution is -0.0438. The molecule has 102 valence electrons. The van der Waals surface area contributed by atoms with Gasteiger partial charge in [0, 0.05) is 11.1 Å². The fraction of sp³-hybridized carbons (Fsp3) is 0.533. The summed E-state index contributed by atoms with van der Waals surface area (Å²) in [5, 5.41) is 2.96. The molecule has 1 aromatic rings. The first kappa shape index (κ1) is 12.6. The molecular formula is C15H17F2NO. The van der Waals surface area contributed by atoms with Gasteiger partial charge in [-0.05, 0) is 48.8 Å². The van der Waals surface area contributed by atoms with Gasteiger partial charge >= 0.3 is 0 Å².